The lowest BCUT2D eigenvalue weighted by molar-refractivity contribution is 0.687. The van der Waals surface area contributed by atoms with Gasteiger partial charge in [0.1, 0.15) is 0 Å². The Morgan fingerprint density at radius 2 is 1.89 bits per heavy atom. The number of hydrogen-bond donors (Lipinski definition) is 1. The molecule has 0 saturated heterocycles. The third-order valence-electron chi connectivity index (χ3n) is 3.24. The van der Waals surface area contributed by atoms with Crippen LogP contribution in [0.1, 0.15) is 37.3 Å². The van der Waals surface area contributed by atoms with Crippen molar-refractivity contribution in [3.05, 3.63) is 52.2 Å². The highest BCUT2D eigenvalue weighted by atomic mass is 32.1. The molecule has 2 aromatic rings. The van der Waals surface area contributed by atoms with Crippen molar-refractivity contribution >= 4 is 17.0 Å². The highest BCUT2D eigenvalue weighted by Gasteiger charge is 2.19. The molecule has 2 rings (SSSR count). The minimum absolute atomic E-state index is 0.301. The number of thiophene rings is 1. The third kappa shape index (κ3) is 3.15. The SMILES string of the molecule is CC(Nc1ccc(C(C)(C)C#N)cc1)c1cccs1. The molecule has 1 aromatic heterocycles. The molecule has 0 amide bonds. The number of hydrogen-bond acceptors (Lipinski definition) is 3. The summed E-state index contributed by atoms with van der Waals surface area (Å²) in [5.74, 6) is 0. The lowest BCUT2D eigenvalue weighted by Gasteiger charge is -2.18. The molecule has 0 spiro atoms. The van der Waals surface area contributed by atoms with E-state index in [-0.39, 0.29) is 0 Å². The Kier molecular flexibility index (Phi) is 3.92. The van der Waals surface area contributed by atoms with Gasteiger partial charge >= 0.3 is 0 Å². The number of nitrogens with one attached hydrogen (secondary N) is 1. The molecular weight excluding hydrogens is 252 g/mol. The van der Waals surface area contributed by atoms with Crippen LogP contribution in [-0.2, 0) is 5.41 Å². The first-order valence-electron chi connectivity index (χ1n) is 6.34. The summed E-state index contributed by atoms with van der Waals surface area (Å²) in [5.41, 5.74) is 1.69. The molecule has 2 nitrogen and oxygen atoms in total. The summed E-state index contributed by atoms with van der Waals surface area (Å²) < 4.78 is 0. The van der Waals surface area contributed by atoms with Gasteiger partial charge in [0.15, 0.2) is 0 Å². The van der Waals surface area contributed by atoms with Gasteiger partial charge in [0, 0.05) is 10.6 Å². The van der Waals surface area contributed by atoms with Gasteiger partial charge in [-0.2, -0.15) is 5.26 Å². The zero-order chi connectivity index (χ0) is 13.9. The third-order valence-corrected chi connectivity index (χ3v) is 4.29. The fraction of sp³-hybridized carbons (Fsp3) is 0.312. The molecule has 1 N–H and O–H groups in total. The van der Waals surface area contributed by atoms with Gasteiger partial charge in [-0.25, -0.2) is 0 Å². The maximum Gasteiger partial charge on any atom is 0.0766 e. The topological polar surface area (TPSA) is 35.8 Å². The van der Waals surface area contributed by atoms with Crippen molar-refractivity contribution in [3.63, 3.8) is 0 Å². The molecule has 98 valence electrons. The minimum Gasteiger partial charge on any atom is -0.378 e. The van der Waals surface area contributed by atoms with Gasteiger partial charge in [-0.1, -0.05) is 18.2 Å². The fourth-order valence-electron chi connectivity index (χ4n) is 1.91. The molecule has 0 aliphatic carbocycles. The van der Waals surface area contributed by atoms with Crippen LogP contribution in [0, 0.1) is 11.3 Å². The predicted molar refractivity (Wildman–Crippen MR) is 81.4 cm³/mol. The molecule has 0 aliphatic rings. The van der Waals surface area contributed by atoms with Crippen molar-refractivity contribution < 1.29 is 0 Å². The zero-order valence-corrected chi connectivity index (χ0v) is 12.3. The Balaban J connectivity index is 2.10. The summed E-state index contributed by atoms with van der Waals surface area (Å²) >= 11 is 1.76. The largest absolute Gasteiger partial charge is 0.378 e. The van der Waals surface area contributed by atoms with E-state index in [9.17, 15) is 0 Å². The zero-order valence-electron chi connectivity index (χ0n) is 11.5. The molecule has 3 heteroatoms. The van der Waals surface area contributed by atoms with Crippen molar-refractivity contribution in [1.29, 1.82) is 5.26 Å². The van der Waals surface area contributed by atoms with E-state index >= 15 is 0 Å². The Labute approximate surface area is 118 Å². The average molecular weight is 270 g/mol. The van der Waals surface area contributed by atoms with Gasteiger partial charge in [0.25, 0.3) is 0 Å². The van der Waals surface area contributed by atoms with E-state index in [1.807, 2.05) is 38.1 Å². The van der Waals surface area contributed by atoms with E-state index in [4.69, 9.17) is 5.26 Å². The van der Waals surface area contributed by atoms with E-state index in [0.717, 1.165) is 11.3 Å². The normalized spacial score (nSPS) is 12.7. The van der Waals surface area contributed by atoms with Crippen molar-refractivity contribution in [2.45, 2.75) is 32.2 Å². The molecule has 0 saturated carbocycles. The van der Waals surface area contributed by atoms with Gasteiger partial charge in [0.2, 0.25) is 0 Å². The van der Waals surface area contributed by atoms with Gasteiger partial charge < -0.3 is 5.32 Å². The maximum absolute atomic E-state index is 9.12. The van der Waals surface area contributed by atoms with Crippen molar-refractivity contribution in [1.82, 2.24) is 0 Å². The summed E-state index contributed by atoms with van der Waals surface area (Å²) in [7, 11) is 0. The quantitative estimate of drug-likeness (QED) is 0.872. The van der Waals surface area contributed by atoms with Crippen LogP contribution in [0.5, 0.6) is 0 Å². The lowest BCUT2D eigenvalue weighted by Crippen LogP contribution is -2.13. The van der Waals surface area contributed by atoms with E-state index in [0.29, 0.717) is 6.04 Å². The summed E-state index contributed by atoms with van der Waals surface area (Å²) in [4.78, 5) is 1.32. The molecule has 1 unspecified atom stereocenters. The van der Waals surface area contributed by atoms with Crippen LogP contribution in [0.2, 0.25) is 0 Å². The highest BCUT2D eigenvalue weighted by molar-refractivity contribution is 7.10. The number of nitrogens with zero attached hydrogens (tertiary/aromatic N) is 1. The molecular formula is C16H18N2S. The standard InChI is InChI=1S/C16H18N2S/c1-12(15-5-4-10-19-15)18-14-8-6-13(7-9-14)16(2,3)11-17/h4-10,12,18H,1-3H3. The fourth-order valence-corrected chi connectivity index (χ4v) is 2.64. The van der Waals surface area contributed by atoms with Crippen molar-refractivity contribution in [3.8, 4) is 6.07 Å². The van der Waals surface area contributed by atoms with Crippen LogP contribution in [0.4, 0.5) is 5.69 Å². The van der Waals surface area contributed by atoms with Gasteiger partial charge in [-0.15, -0.1) is 11.3 Å². The van der Waals surface area contributed by atoms with E-state index in [1.54, 1.807) is 11.3 Å². The highest BCUT2D eigenvalue weighted by Crippen LogP contribution is 2.26. The van der Waals surface area contributed by atoms with Crippen LogP contribution in [-0.4, -0.2) is 0 Å². The van der Waals surface area contributed by atoms with Crippen LogP contribution in [0.3, 0.4) is 0 Å². The molecule has 1 aromatic carbocycles. The van der Waals surface area contributed by atoms with E-state index in [2.05, 4.69) is 35.8 Å². The first-order chi connectivity index (χ1) is 9.03. The van der Waals surface area contributed by atoms with E-state index < -0.39 is 5.41 Å². The van der Waals surface area contributed by atoms with Gasteiger partial charge in [-0.05, 0) is 49.9 Å². The molecule has 1 atom stereocenters. The van der Waals surface area contributed by atoms with Gasteiger partial charge in [-0.3, -0.25) is 0 Å². The molecule has 0 bridgehead atoms. The second kappa shape index (κ2) is 5.46. The number of benzene rings is 1. The second-order valence-electron chi connectivity index (χ2n) is 5.20. The number of nitriles is 1. The molecule has 0 radical (unpaired) electrons. The summed E-state index contributed by atoms with van der Waals surface area (Å²) in [5, 5.41) is 14.7. The number of rotatable bonds is 4. The first kappa shape index (κ1) is 13.6. The predicted octanol–water partition coefficient (Wildman–Crippen LogP) is 4.72. The minimum atomic E-state index is -0.433. The van der Waals surface area contributed by atoms with Crippen molar-refractivity contribution in [2.24, 2.45) is 0 Å². The monoisotopic (exact) mass is 270 g/mol. The van der Waals surface area contributed by atoms with Crippen LogP contribution in [0.15, 0.2) is 41.8 Å². The molecule has 0 aliphatic heterocycles. The van der Waals surface area contributed by atoms with Crippen LogP contribution < -0.4 is 5.32 Å². The molecule has 19 heavy (non-hydrogen) atoms. The summed E-state index contributed by atoms with van der Waals surface area (Å²) in [6, 6.07) is 14.9. The Hall–Kier alpha value is -1.79. The molecule has 0 fully saturated rings. The average Bonchev–Trinajstić information content (AvgIpc) is 2.93. The Morgan fingerprint density at radius 3 is 2.42 bits per heavy atom. The summed E-state index contributed by atoms with van der Waals surface area (Å²) in [6.45, 7) is 6.02. The smallest absolute Gasteiger partial charge is 0.0766 e. The van der Waals surface area contributed by atoms with Crippen LogP contribution in [0.25, 0.3) is 0 Å². The lowest BCUT2D eigenvalue weighted by atomic mass is 9.86. The second-order valence-corrected chi connectivity index (χ2v) is 6.17. The summed E-state index contributed by atoms with van der Waals surface area (Å²) in [6.07, 6.45) is 0. The first-order valence-corrected chi connectivity index (χ1v) is 7.22. The Bertz CT molecular complexity index is 562. The van der Waals surface area contributed by atoms with E-state index in [1.165, 1.54) is 4.88 Å². The maximum atomic E-state index is 9.12. The van der Waals surface area contributed by atoms with Crippen LogP contribution >= 0.6 is 11.3 Å². The van der Waals surface area contributed by atoms with Crippen molar-refractivity contribution in [2.75, 3.05) is 5.32 Å². The van der Waals surface area contributed by atoms with Gasteiger partial charge in [0.05, 0.1) is 17.5 Å². The molecule has 1 heterocycles. The Morgan fingerprint density at radius 1 is 1.21 bits per heavy atom. The number of anilines is 1.